The summed E-state index contributed by atoms with van der Waals surface area (Å²) in [6, 6.07) is 30.5. The van der Waals surface area contributed by atoms with E-state index in [0.29, 0.717) is 0 Å². The molecule has 0 saturated heterocycles. The number of rotatable bonds is 5. The van der Waals surface area contributed by atoms with Crippen LogP contribution in [0.4, 0.5) is 0 Å². The van der Waals surface area contributed by atoms with E-state index >= 15 is 0 Å². The molecule has 0 radical (unpaired) electrons. The molecule has 3 rings (SSSR count). The van der Waals surface area contributed by atoms with Crippen LogP contribution in [-0.2, 0) is 7.87 Å². The Morgan fingerprint density at radius 1 is 0.708 bits per heavy atom. The number of benzene rings is 3. The van der Waals surface area contributed by atoms with Gasteiger partial charge in [-0.05, 0) is 0 Å². The van der Waals surface area contributed by atoms with Crippen molar-refractivity contribution in [1.29, 1.82) is 0 Å². The predicted molar refractivity (Wildman–Crippen MR) is 104 cm³/mol. The second-order valence-corrected chi connectivity index (χ2v) is 15.4. The minimum atomic E-state index is -3.87. The second-order valence-electron chi connectivity index (χ2n) is 5.39. The fourth-order valence-corrected chi connectivity index (χ4v) is 14.3. The Hall–Kier alpha value is -1.59. The van der Waals surface area contributed by atoms with E-state index in [1.54, 1.807) is 0 Å². The first-order chi connectivity index (χ1) is 11.8. The molecule has 0 aromatic heterocycles. The van der Waals surface area contributed by atoms with Crippen LogP contribution in [0.2, 0.25) is 0 Å². The molecule has 0 aliphatic rings. The van der Waals surface area contributed by atoms with Gasteiger partial charge in [0.1, 0.15) is 0 Å². The molecule has 3 aromatic carbocycles. The summed E-state index contributed by atoms with van der Waals surface area (Å²) in [4.78, 5) is 12.3. The van der Waals surface area contributed by atoms with E-state index in [1.165, 1.54) is 0 Å². The van der Waals surface area contributed by atoms with Crippen LogP contribution >= 0.6 is 15.9 Å². The summed E-state index contributed by atoms with van der Waals surface area (Å²) in [5.41, 5.74) is 0. The predicted octanol–water partition coefficient (Wildman–Crippen LogP) is 2.59. The molecule has 0 aliphatic carbocycles. The fraction of sp³-hybridized carbons (Fsp3) is 0.0500. The molecule has 3 aromatic rings. The Kier molecular flexibility index (Phi) is 5.74. The van der Waals surface area contributed by atoms with Crippen molar-refractivity contribution in [3.05, 3.63) is 91.0 Å². The maximum absolute atomic E-state index is 12.3. The second kappa shape index (κ2) is 7.99. The molecule has 24 heavy (non-hydrogen) atoms. The molecular formula is C20H17BrO2Sn. The van der Waals surface area contributed by atoms with Crippen molar-refractivity contribution in [2.75, 3.05) is 5.33 Å². The molecule has 0 bridgehead atoms. The molecule has 2 nitrogen and oxygen atoms in total. The van der Waals surface area contributed by atoms with E-state index in [-0.39, 0.29) is 11.3 Å². The van der Waals surface area contributed by atoms with Crippen LogP contribution in [0.25, 0.3) is 0 Å². The third kappa shape index (κ3) is 3.42. The van der Waals surface area contributed by atoms with Crippen LogP contribution in [0, 0.1) is 0 Å². The Bertz CT molecular complexity index is 695. The molecule has 0 saturated carbocycles. The molecule has 0 amide bonds. The molecule has 0 spiro atoms. The van der Waals surface area contributed by atoms with E-state index in [1.807, 2.05) is 54.6 Å². The van der Waals surface area contributed by atoms with Gasteiger partial charge < -0.3 is 0 Å². The molecule has 0 N–H and O–H groups in total. The maximum atomic E-state index is 12.3. The zero-order valence-electron chi connectivity index (χ0n) is 13.1. The van der Waals surface area contributed by atoms with Crippen LogP contribution in [0.1, 0.15) is 0 Å². The topological polar surface area (TPSA) is 26.3 Å². The van der Waals surface area contributed by atoms with E-state index < -0.39 is 18.8 Å². The average molecular weight is 488 g/mol. The summed E-state index contributed by atoms with van der Waals surface area (Å²) in [5, 5.41) is 0.193. The van der Waals surface area contributed by atoms with Crippen LogP contribution in [0.15, 0.2) is 91.0 Å². The van der Waals surface area contributed by atoms with Gasteiger partial charge in [-0.15, -0.1) is 0 Å². The molecule has 4 heteroatoms. The van der Waals surface area contributed by atoms with E-state index in [2.05, 4.69) is 52.3 Å². The molecule has 0 aliphatic heterocycles. The van der Waals surface area contributed by atoms with Crippen molar-refractivity contribution < 1.29 is 7.87 Å². The van der Waals surface area contributed by atoms with Crippen molar-refractivity contribution >= 4 is 51.4 Å². The van der Waals surface area contributed by atoms with Crippen molar-refractivity contribution in [1.82, 2.24) is 0 Å². The summed E-state index contributed by atoms with van der Waals surface area (Å²) in [7, 11) is 0. The summed E-state index contributed by atoms with van der Waals surface area (Å²) in [6.45, 7) is 0. The first kappa shape index (κ1) is 17.2. The third-order valence-electron chi connectivity index (χ3n) is 3.92. The first-order valence-corrected chi connectivity index (χ1v) is 14.3. The number of halogens is 1. The van der Waals surface area contributed by atoms with Crippen molar-refractivity contribution in [2.24, 2.45) is 0 Å². The van der Waals surface area contributed by atoms with Crippen LogP contribution < -0.4 is 10.7 Å². The Balaban J connectivity index is 2.30. The van der Waals surface area contributed by atoms with Gasteiger partial charge in [-0.1, -0.05) is 0 Å². The molecule has 0 unspecified atom stereocenters. The van der Waals surface area contributed by atoms with Gasteiger partial charge in [-0.3, -0.25) is 0 Å². The number of carbonyl (C=O) groups excluding carboxylic acids is 1. The van der Waals surface area contributed by atoms with Gasteiger partial charge in [0, 0.05) is 0 Å². The average Bonchev–Trinajstić information content (AvgIpc) is 2.68. The third-order valence-corrected chi connectivity index (χ3v) is 15.7. The zero-order valence-corrected chi connectivity index (χ0v) is 17.5. The normalized spacial score (nSPS) is 11.0. The van der Waals surface area contributed by atoms with E-state index in [4.69, 9.17) is 3.07 Å². The number of hydrogen-bond donors (Lipinski definition) is 0. The summed E-state index contributed by atoms with van der Waals surface area (Å²) >= 11 is -0.621. The van der Waals surface area contributed by atoms with Crippen LogP contribution in [0.3, 0.4) is 0 Å². The van der Waals surface area contributed by atoms with Gasteiger partial charge >= 0.3 is 156 Å². The molecule has 0 atom stereocenters. The SMILES string of the molecule is O=C(CBr)[O][Sn]([c]1ccccc1)([c]1ccccc1)[c]1ccccc1. The Labute approximate surface area is 155 Å². The van der Waals surface area contributed by atoms with Crippen molar-refractivity contribution in [3.8, 4) is 0 Å². The Morgan fingerprint density at radius 2 is 1.04 bits per heavy atom. The molecular weight excluding hydrogens is 471 g/mol. The van der Waals surface area contributed by atoms with Gasteiger partial charge in [0.25, 0.3) is 0 Å². The van der Waals surface area contributed by atoms with Gasteiger partial charge in [-0.25, -0.2) is 0 Å². The van der Waals surface area contributed by atoms with E-state index in [9.17, 15) is 4.79 Å². The molecule has 120 valence electrons. The van der Waals surface area contributed by atoms with Crippen LogP contribution in [-0.4, -0.2) is 30.1 Å². The quantitative estimate of drug-likeness (QED) is 0.408. The summed E-state index contributed by atoms with van der Waals surface area (Å²) in [5.74, 6) is -0.220. The zero-order chi connectivity index (χ0) is 16.8. The van der Waals surface area contributed by atoms with E-state index in [0.717, 1.165) is 10.7 Å². The fourth-order valence-electron chi connectivity index (χ4n) is 2.89. The monoisotopic (exact) mass is 488 g/mol. The number of carbonyl (C=O) groups is 1. The van der Waals surface area contributed by atoms with Gasteiger partial charge in [0.15, 0.2) is 0 Å². The number of alkyl halides is 1. The standard InChI is InChI=1S/3C6H5.C2H3BrO2.Sn/c3*1-2-4-6-5-3-1;3-1-2(4)5;/h3*1-5H;1H2,(H,4,5);/q;;;;+1/p-1. The van der Waals surface area contributed by atoms with Crippen molar-refractivity contribution in [3.63, 3.8) is 0 Å². The number of hydrogen-bond acceptors (Lipinski definition) is 2. The van der Waals surface area contributed by atoms with Crippen molar-refractivity contribution in [2.45, 2.75) is 0 Å². The van der Waals surface area contributed by atoms with Gasteiger partial charge in [-0.2, -0.15) is 0 Å². The molecule has 0 fully saturated rings. The molecule has 0 heterocycles. The summed E-state index contributed by atoms with van der Waals surface area (Å²) in [6.07, 6.45) is 0. The van der Waals surface area contributed by atoms with Gasteiger partial charge in [0.2, 0.25) is 0 Å². The van der Waals surface area contributed by atoms with Gasteiger partial charge in [0.05, 0.1) is 0 Å². The van der Waals surface area contributed by atoms with Crippen LogP contribution in [0.5, 0.6) is 0 Å². The first-order valence-electron chi connectivity index (χ1n) is 7.72. The summed E-state index contributed by atoms with van der Waals surface area (Å²) < 4.78 is 9.64. The Morgan fingerprint density at radius 3 is 1.33 bits per heavy atom. The minimum absolute atomic E-state index is 0.193.